The fourth-order valence-corrected chi connectivity index (χ4v) is 2.36. The summed E-state index contributed by atoms with van der Waals surface area (Å²) in [6.45, 7) is 1.42. The summed E-state index contributed by atoms with van der Waals surface area (Å²) < 4.78 is 35.8. The van der Waals surface area contributed by atoms with Crippen molar-refractivity contribution < 1.29 is 13.2 Å². The van der Waals surface area contributed by atoms with Gasteiger partial charge in [-0.15, -0.1) is 11.6 Å². The van der Waals surface area contributed by atoms with Gasteiger partial charge in [0, 0.05) is 18.3 Å². The molecule has 0 spiro atoms. The van der Waals surface area contributed by atoms with Crippen molar-refractivity contribution in [2.75, 3.05) is 19.0 Å². The van der Waals surface area contributed by atoms with Crippen LogP contribution in [-0.2, 0) is 0 Å². The fourth-order valence-electron chi connectivity index (χ4n) is 2.01. The van der Waals surface area contributed by atoms with Gasteiger partial charge >= 0.3 is 6.18 Å². The molecule has 1 heterocycles. The molecule has 1 fully saturated rings. The predicted octanol–water partition coefficient (Wildman–Crippen LogP) is 3.42. The van der Waals surface area contributed by atoms with Crippen LogP contribution < -0.4 is 0 Å². The maximum Gasteiger partial charge on any atom is 0.389 e. The lowest BCUT2D eigenvalue weighted by molar-refractivity contribution is -0.136. The summed E-state index contributed by atoms with van der Waals surface area (Å²) in [7, 11) is 0. The second-order valence-corrected chi connectivity index (χ2v) is 4.37. The molecule has 0 aromatic carbocycles. The smallest absolute Gasteiger partial charge is 0.299 e. The zero-order valence-corrected chi connectivity index (χ0v) is 9.45. The highest BCUT2D eigenvalue weighted by atomic mass is 35.5. The molecule has 0 amide bonds. The third-order valence-electron chi connectivity index (χ3n) is 2.83. The first-order chi connectivity index (χ1) is 7.03. The lowest BCUT2D eigenvalue weighted by atomic mass is 10.0. The number of hydrogen-bond donors (Lipinski definition) is 0. The maximum absolute atomic E-state index is 11.9. The molecular formula is C10H17ClF3N. The van der Waals surface area contributed by atoms with Gasteiger partial charge in [0.1, 0.15) is 0 Å². The van der Waals surface area contributed by atoms with Gasteiger partial charge in [0.15, 0.2) is 0 Å². The predicted molar refractivity (Wildman–Crippen MR) is 55.2 cm³/mol. The van der Waals surface area contributed by atoms with Gasteiger partial charge in [-0.05, 0) is 32.4 Å². The van der Waals surface area contributed by atoms with Gasteiger partial charge in [-0.3, -0.25) is 4.90 Å². The van der Waals surface area contributed by atoms with E-state index in [-0.39, 0.29) is 12.5 Å². The molecule has 1 aliphatic heterocycles. The summed E-state index contributed by atoms with van der Waals surface area (Å²) in [5.41, 5.74) is 0. The van der Waals surface area contributed by atoms with Crippen molar-refractivity contribution in [1.29, 1.82) is 0 Å². The van der Waals surface area contributed by atoms with Crippen molar-refractivity contribution in [2.45, 2.75) is 44.3 Å². The SMILES string of the molecule is FC(F)(F)CCCN1CCCCC1CCl. The van der Waals surface area contributed by atoms with Crippen LogP contribution in [0.1, 0.15) is 32.1 Å². The highest BCUT2D eigenvalue weighted by molar-refractivity contribution is 6.18. The van der Waals surface area contributed by atoms with Crippen molar-refractivity contribution in [1.82, 2.24) is 4.90 Å². The van der Waals surface area contributed by atoms with E-state index in [0.717, 1.165) is 25.8 Å². The van der Waals surface area contributed by atoms with Crippen LogP contribution in [-0.4, -0.2) is 36.1 Å². The van der Waals surface area contributed by atoms with Crippen LogP contribution in [0.15, 0.2) is 0 Å². The fraction of sp³-hybridized carbons (Fsp3) is 1.00. The van der Waals surface area contributed by atoms with Gasteiger partial charge in [0.2, 0.25) is 0 Å². The molecular weight excluding hydrogens is 227 g/mol. The number of rotatable bonds is 4. The van der Waals surface area contributed by atoms with Crippen molar-refractivity contribution >= 4 is 11.6 Å². The Bertz CT molecular complexity index is 184. The quantitative estimate of drug-likeness (QED) is 0.684. The Balaban J connectivity index is 2.23. The van der Waals surface area contributed by atoms with Crippen LogP contribution in [0.5, 0.6) is 0 Å². The average molecular weight is 244 g/mol. The molecule has 1 aliphatic rings. The Kier molecular flexibility index (Phi) is 5.19. The van der Waals surface area contributed by atoms with Crippen LogP contribution in [0.25, 0.3) is 0 Å². The van der Waals surface area contributed by atoms with Crippen molar-refractivity contribution in [3.8, 4) is 0 Å². The normalized spacial score (nSPS) is 24.4. The lowest BCUT2D eigenvalue weighted by Gasteiger charge is -2.34. The van der Waals surface area contributed by atoms with E-state index in [1.54, 1.807) is 0 Å². The van der Waals surface area contributed by atoms with E-state index in [1.807, 2.05) is 0 Å². The van der Waals surface area contributed by atoms with Crippen LogP contribution in [0.4, 0.5) is 13.2 Å². The van der Waals surface area contributed by atoms with Crippen LogP contribution in [0.3, 0.4) is 0 Å². The molecule has 15 heavy (non-hydrogen) atoms. The van der Waals surface area contributed by atoms with Gasteiger partial charge in [-0.2, -0.15) is 13.2 Å². The number of hydrogen-bond acceptors (Lipinski definition) is 1. The molecule has 5 heteroatoms. The second-order valence-electron chi connectivity index (χ2n) is 4.06. The molecule has 0 aromatic heterocycles. The highest BCUT2D eigenvalue weighted by Gasteiger charge is 2.28. The van der Waals surface area contributed by atoms with Crippen molar-refractivity contribution in [2.24, 2.45) is 0 Å². The second kappa shape index (κ2) is 5.94. The van der Waals surface area contributed by atoms with Gasteiger partial charge < -0.3 is 0 Å². The van der Waals surface area contributed by atoms with E-state index in [2.05, 4.69) is 4.90 Å². The molecule has 1 atom stereocenters. The molecule has 0 saturated carbocycles. The molecule has 90 valence electrons. The molecule has 1 saturated heterocycles. The minimum Gasteiger partial charge on any atom is -0.299 e. The molecule has 0 aliphatic carbocycles. The number of likely N-dealkylation sites (tertiary alicyclic amines) is 1. The Morgan fingerprint density at radius 1 is 1.27 bits per heavy atom. The largest absolute Gasteiger partial charge is 0.389 e. The Labute approximate surface area is 93.6 Å². The Morgan fingerprint density at radius 3 is 2.60 bits per heavy atom. The highest BCUT2D eigenvalue weighted by Crippen LogP contribution is 2.23. The number of nitrogens with zero attached hydrogens (tertiary/aromatic N) is 1. The third-order valence-corrected chi connectivity index (χ3v) is 3.19. The third kappa shape index (κ3) is 5.07. The van der Waals surface area contributed by atoms with E-state index in [9.17, 15) is 13.2 Å². The van der Waals surface area contributed by atoms with Crippen LogP contribution in [0, 0.1) is 0 Å². The summed E-state index contributed by atoms with van der Waals surface area (Å²) in [6.07, 6.45) is -1.26. The zero-order chi connectivity index (χ0) is 11.3. The summed E-state index contributed by atoms with van der Waals surface area (Å²) >= 11 is 5.78. The van der Waals surface area contributed by atoms with Crippen molar-refractivity contribution in [3.63, 3.8) is 0 Å². The summed E-state index contributed by atoms with van der Waals surface area (Å²) in [5.74, 6) is 0.534. The molecule has 0 bridgehead atoms. The van der Waals surface area contributed by atoms with Gasteiger partial charge in [0.05, 0.1) is 0 Å². The van der Waals surface area contributed by atoms with Gasteiger partial charge in [-0.1, -0.05) is 6.42 Å². The monoisotopic (exact) mass is 243 g/mol. The Morgan fingerprint density at radius 2 is 2.00 bits per heavy atom. The molecule has 0 N–H and O–H groups in total. The number of piperidine rings is 1. The van der Waals surface area contributed by atoms with Gasteiger partial charge in [-0.25, -0.2) is 0 Å². The van der Waals surface area contributed by atoms with E-state index in [4.69, 9.17) is 11.6 Å². The molecule has 0 radical (unpaired) electrons. The maximum atomic E-state index is 11.9. The first-order valence-electron chi connectivity index (χ1n) is 5.39. The first-order valence-corrected chi connectivity index (χ1v) is 5.93. The minimum atomic E-state index is -4.02. The molecule has 0 aromatic rings. The standard InChI is InChI=1S/C10H17ClF3N/c11-8-9-4-1-2-6-15(9)7-3-5-10(12,13)14/h9H,1-8H2. The van der Waals surface area contributed by atoms with Crippen molar-refractivity contribution in [3.05, 3.63) is 0 Å². The molecule has 1 nitrogen and oxygen atoms in total. The van der Waals surface area contributed by atoms with Gasteiger partial charge in [0.25, 0.3) is 0 Å². The lowest BCUT2D eigenvalue weighted by Crippen LogP contribution is -2.41. The minimum absolute atomic E-state index is 0.191. The van der Waals surface area contributed by atoms with E-state index in [0.29, 0.717) is 12.4 Å². The van der Waals surface area contributed by atoms with Crippen LogP contribution in [0.2, 0.25) is 0 Å². The van der Waals surface area contributed by atoms with E-state index >= 15 is 0 Å². The van der Waals surface area contributed by atoms with E-state index < -0.39 is 12.6 Å². The average Bonchev–Trinajstić information content (AvgIpc) is 2.16. The zero-order valence-electron chi connectivity index (χ0n) is 8.69. The Hall–Kier alpha value is 0.0400. The topological polar surface area (TPSA) is 3.24 Å². The molecule has 1 rings (SSSR count). The number of halogens is 4. The molecule has 1 unspecified atom stereocenters. The summed E-state index contributed by atoms with van der Waals surface area (Å²) in [6, 6.07) is 0.286. The number of alkyl halides is 4. The summed E-state index contributed by atoms with van der Waals surface area (Å²) in [4.78, 5) is 2.10. The van der Waals surface area contributed by atoms with E-state index in [1.165, 1.54) is 0 Å². The summed E-state index contributed by atoms with van der Waals surface area (Å²) in [5, 5.41) is 0. The van der Waals surface area contributed by atoms with Crippen LogP contribution >= 0.6 is 11.6 Å². The first kappa shape index (κ1) is 13.1.